The number of hydrogen-bond donors (Lipinski definition) is 1. The summed E-state index contributed by atoms with van der Waals surface area (Å²) < 4.78 is 7.43. The molecule has 84 valence electrons. The third-order valence-corrected chi connectivity index (χ3v) is 2.25. The fourth-order valence-electron chi connectivity index (χ4n) is 1.43. The van der Waals surface area contributed by atoms with Crippen molar-refractivity contribution in [3.63, 3.8) is 0 Å². The molecule has 1 aromatic carbocycles. The lowest BCUT2D eigenvalue weighted by molar-refractivity contribution is 0.0639. The van der Waals surface area contributed by atoms with Crippen molar-refractivity contribution in [1.82, 2.24) is 9.55 Å². The largest absolute Gasteiger partial charge is 0.356 e. The van der Waals surface area contributed by atoms with Crippen molar-refractivity contribution >= 4 is 0 Å². The van der Waals surface area contributed by atoms with E-state index in [0.717, 1.165) is 5.69 Å². The zero-order valence-electron chi connectivity index (χ0n) is 9.04. The van der Waals surface area contributed by atoms with Crippen LogP contribution < -0.4 is 5.73 Å². The average Bonchev–Trinajstić information content (AvgIpc) is 2.78. The SMILES string of the molecule is NCc1cn(COCc2ccccc2)cn1. The number of aromatic nitrogens is 2. The molecule has 1 aromatic heterocycles. The Kier molecular flexibility index (Phi) is 3.69. The Morgan fingerprint density at radius 2 is 2.06 bits per heavy atom. The summed E-state index contributed by atoms with van der Waals surface area (Å²) in [5, 5.41) is 0. The minimum atomic E-state index is 0.464. The first-order valence-corrected chi connectivity index (χ1v) is 5.21. The lowest BCUT2D eigenvalue weighted by Gasteiger charge is -2.04. The smallest absolute Gasteiger partial charge is 0.124 e. The summed E-state index contributed by atoms with van der Waals surface area (Å²) in [4.78, 5) is 4.12. The van der Waals surface area contributed by atoms with Crippen LogP contribution >= 0.6 is 0 Å². The second-order valence-electron chi connectivity index (χ2n) is 3.55. The van der Waals surface area contributed by atoms with E-state index in [1.807, 2.05) is 41.1 Å². The van der Waals surface area contributed by atoms with Crippen molar-refractivity contribution in [3.8, 4) is 0 Å². The maximum atomic E-state index is 5.55. The zero-order chi connectivity index (χ0) is 11.2. The van der Waals surface area contributed by atoms with Crippen LogP contribution in [-0.4, -0.2) is 9.55 Å². The molecule has 4 nitrogen and oxygen atoms in total. The number of ether oxygens (including phenoxy) is 1. The van der Waals surface area contributed by atoms with Gasteiger partial charge in [-0.2, -0.15) is 0 Å². The van der Waals surface area contributed by atoms with E-state index < -0.39 is 0 Å². The molecule has 0 spiro atoms. The Hall–Kier alpha value is -1.65. The van der Waals surface area contributed by atoms with Gasteiger partial charge in [0.25, 0.3) is 0 Å². The Bertz CT molecular complexity index is 425. The van der Waals surface area contributed by atoms with Crippen LogP contribution in [-0.2, 0) is 24.6 Å². The topological polar surface area (TPSA) is 53.1 Å². The molecule has 2 aromatic rings. The molecule has 0 amide bonds. The van der Waals surface area contributed by atoms with Crippen LogP contribution in [0.25, 0.3) is 0 Å². The quantitative estimate of drug-likeness (QED) is 0.826. The van der Waals surface area contributed by atoms with Gasteiger partial charge in [0.2, 0.25) is 0 Å². The highest BCUT2D eigenvalue weighted by molar-refractivity contribution is 5.13. The van der Waals surface area contributed by atoms with Crippen LogP contribution in [0.4, 0.5) is 0 Å². The Balaban J connectivity index is 1.80. The van der Waals surface area contributed by atoms with Gasteiger partial charge in [0, 0.05) is 12.7 Å². The molecule has 0 aliphatic heterocycles. The van der Waals surface area contributed by atoms with Gasteiger partial charge in [-0.05, 0) is 5.56 Å². The number of nitrogens with zero attached hydrogens (tertiary/aromatic N) is 2. The first-order chi connectivity index (χ1) is 7.88. The summed E-state index contributed by atoms with van der Waals surface area (Å²) in [7, 11) is 0. The van der Waals surface area contributed by atoms with Crippen molar-refractivity contribution in [2.45, 2.75) is 19.9 Å². The van der Waals surface area contributed by atoms with E-state index in [9.17, 15) is 0 Å². The number of rotatable bonds is 5. The molecule has 2 N–H and O–H groups in total. The third-order valence-electron chi connectivity index (χ3n) is 2.25. The van der Waals surface area contributed by atoms with Gasteiger partial charge in [0.05, 0.1) is 18.6 Å². The Morgan fingerprint density at radius 3 is 2.75 bits per heavy atom. The molecule has 4 heteroatoms. The standard InChI is InChI=1S/C12H15N3O/c13-6-12-7-15(9-14-12)10-16-8-11-4-2-1-3-5-11/h1-5,7,9H,6,8,10,13H2. The molecule has 0 atom stereocenters. The maximum Gasteiger partial charge on any atom is 0.124 e. The van der Waals surface area contributed by atoms with E-state index in [0.29, 0.717) is 19.9 Å². The highest BCUT2D eigenvalue weighted by Crippen LogP contribution is 2.02. The Morgan fingerprint density at radius 1 is 1.25 bits per heavy atom. The third kappa shape index (κ3) is 2.92. The van der Waals surface area contributed by atoms with E-state index in [-0.39, 0.29) is 0 Å². The van der Waals surface area contributed by atoms with Gasteiger partial charge in [-0.3, -0.25) is 0 Å². The maximum absolute atomic E-state index is 5.55. The zero-order valence-corrected chi connectivity index (χ0v) is 9.04. The van der Waals surface area contributed by atoms with Crippen LogP contribution in [0.2, 0.25) is 0 Å². The summed E-state index contributed by atoms with van der Waals surface area (Å²) in [5.41, 5.74) is 7.51. The van der Waals surface area contributed by atoms with Crippen LogP contribution in [0.5, 0.6) is 0 Å². The average molecular weight is 217 g/mol. The molecule has 0 saturated carbocycles. The fourth-order valence-corrected chi connectivity index (χ4v) is 1.43. The van der Waals surface area contributed by atoms with Crippen molar-refractivity contribution < 1.29 is 4.74 Å². The Labute approximate surface area is 94.7 Å². The van der Waals surface area contributed by atoms with E-state index in [1.165, 1.54) is 5.56 Å². The summed E-state index contributed by atoms with van der Waals surface area (Å²) >= 11 is 0. The highest BCUT2D eigenvalue weighted by Gasteiger charge is 1.96. The van der Waals surface area contributed by atoms with Crippen molar-refractivity contribution in [2.75, 3.05) is 0 Å². The highest BCUT2D eigenvalue weighted by atomic mass is 16.5. The predicted molar refractivity (Wildman–Crippen MR) is 61.3 cm³/mol. The minimum absolute atomic E-state index is 0.464. The summed E-state index contributed by atoms with van der Waals surface area (Å²) in [6.45, 7) is 1.57. The van der Waals surface area contributed by atoms with Crippen molar-refractivity contribution in [2.24, 2.45) is 5.73 Å². The van der Waals surface area contributed by atoms with E-state index in [1.54, 1.807) is 6.33 Å². The number of imidazole rings is 1. The lowest BCUT2D eigenvalue weighted by atomic mass is 10.2. The normalized spacial score (nSPS) is 10.6. The monoisotopic (exact) mass is 217 g/mol. The van der Waals surface area contributed by atoms with Gasteiger partial charge in [-0.15, -0.1) is 0 Å². The van der Waals surface area contributed by atoms with Gasteiger partial charge >= 0.3 is 0 Å². The van der Waals surface area contributed by atoms with E-state index >= 15 is 0 Å². The van der Waals surface area contributed by atoms with E-state index in [2.05, 4.69) is 4.98 Å². The second-order valence-corrected chi connectivity index (χ2v) is 3.55. The molecule has 0 fully saturated rings. The van der Waals surface area contributed by atoms with Crippen LogP contribution in [0.3, 0.4) is 0 Å². The molecule has 1 heterocycles. The van der Waals surface area contributed by atoms with Gasteiger partial charge in [0.15, 0.2) is 0 Å². The minimum Gasteiger partial charge on any atom is -0.356 e. The first kappa shape index (κ1) is 10.9. The molecule has 0 unspecified atom stereocenters. The van der Waals surface area contributed by atoms with Crippen LogP contribution in [0.15, 0.2) is 42.9 Å². The number of benzene rings is 1. The second kappa shape index (κ2) is 5.44. The van der Waals surface area contributed by atoms with Gasteiger partial charge in [0.1, 0.15) is 6.73 Å². The molecular weight excluding hydrogens is 202 g/mol. The fraction of sp³-hybridized carbons (Fsp3) is 0.250. The van der Waals surface area contributed by atoms with E-state index in [4.69, 9.17) is 10.5 Å². The van der Waals surface area contributed by atoms with Crippen molar-refractivity contribution in [3.05, 3.63) is 54.1 Å². The molecule has 16 heavy (non-hydrogen) atoms. The van der Waals surface area contributed by atoms with Gasteiger partial charge < -0.3 is 15.0 Å². The molecule has 0 radical (unpaired) electrons. The summed E-state index contributed by atoms with van der Waals surface area (Å²) in [6.07, 6.45) is 3.62. The van der Waals surface area contributed by atoms with Crippen LogP contribution in [0, 0.1) is 0 Å². The molecule has 0 bridgehead atoms. The summed E-state index contributed by atoms with van der Waals surface area (Å²) in [5.74, 6) is 0. The van der Waals surface area contributed by atoms with Crippen molar-refractivity contribution in [1.29, 1.82) is 0 Å². The molecule has 0 aliphatic carbocycles. The molecular formula is C12H15N3O. The molecule has 0 aliphatic rings. The predicted octanol–water partition coefficient (Wildman–Crippen LogP) is 1.52. The lowest BCUT2D eigenvalue weighted by Crippen LogP contribution is -2.00. The number of nitrogens with two attached hydrogens (primary N) is 1. The van der Waals surface area contributed by atoms with Crippen LogP contribution in [0.1, 0.15) is 11.3 Å². The molecule has 2 rings (SSSR count). The summed E-state index contributed by atoms with van der Waals surface area (Å²) in [6, 6.07) is 10.1. The first-order valence-electron chi connectivity index (χ1n) is 5.21. The number of hydrogen-bond acceptors (Lipinski definition) is 3. The van der Waals surface area contributed by atoms with Gasteiger partial charge in [-0.1, -0.05) is 30.3 Å². The van der Waals surface area contributed by atoms with Gasteiger partial charge in [-0.25, -0.2) is 4.98 Å². The molecule has 0 saturated heterocycles.